The van der Waals surface area contributed by atoms with Gasteiger partial charge in [-0.1, -0.05) is 6.07 Å². The van der Waals surface area contributed by atoms with Crippen molar-refractivity contribution in [1.82, 2.24) is 24.3 Å². The number of esters is 1. The zero-order chi connectivity index (χ0) is 21.4. The van der Waals surface area contributed by atoms with E-state index < -0.39 is 5.97 Å². The maximum atomic E-state index is 13.0. The maximum absolute atomic E-state index is 13.0. The van der Waals surface area contributed by atoms with E-state index in [0.29, 0.717) is 15.9 Å². The first-order chi connectivity index (χ1) is 15.1. The highest BCUT2D eigenvalue weighted by atomic mass is 32.1. The fourth-order valence-electron chi connectivity index (χ4n) is 3.07. The summed E-state index contributed by atoms with van der Waals surface area (Å²) in [5, 5.41) is 11.2. The number of thiophene rings is 2. The van der Waals surface area contributed by atoms with Crippen molar-refractivity contribution in [3.63, 3.8) is 0 Å². The molecule has 156 valence electrons. The molecule has 0 saturated carbocycles. The van der Waals surface area contributed by atoms with Crippen LogP contribution in [0.5, 0.6) is 0 Å². The summed E-state index contributed by atoms with van der Waals surface area (Å²) in [5.41, 5.74) is 2.16. The first-order valence-corrected chi connectivity index (χ1v) is 11.8. The lowest BCUT2D eigenvalue weighted by atomic mass is 10.2. The Morgan fingerprint density at radius 1 is 1.23 bits per heavy atom. The summed E-state index contributed by atoms with van der Waals surface area (Å²) in [5.74, 6) is -0.521. The number of nitrogens with zero attached hydrogens (tertiary/aromatic N) is 5. The van der Waals surface area contributed by atoms with Crippen molar-refractivity contribution < 1.29 is 9.53 Å². The van der Waals surface area contributed by atoms with Crippen molar-refractivity contribution in [2.24, 2.45) is 7.05 Å². The Labute approximate surface area is 188 Å². The van der Waals surface area contributed by atoms with Crippen LogP contribution < -0.4 is 5.56 Å². The zero-order valence-corrected chi connectivity index (χ0v) is 18.7. The van der Waals surface area contributed by atoms with Gasteiger partial charge in [0.1, 0.15) is 23.0 Å². The van der Waals surface area contributed by atoms with E-state index in [1.807, 2.05) is 41.5 Å². The Balaban J connectivity index is 1.30. The minimum Gasteiger partial charge on any atom is -0.458 e. The number of carbonyl (C=O) groups excluding carboxylic acids is 1. The number of rotatable bonds is 6. The Bertz CT molecular complexity index is 1430. The molecule has 0 bridgehead atoms. The van der Waals surface area contributed by atoms with Crippen LogP contribution in [0.25, 0.3) is 31.2 Å². The highest BCUT2D eigenvalue weighted by Crippen LogP contribution is 2.33. The van der Waals surface area contributed by atoms with Gasteiger partial charge in [0.2, 0.25) is 0 Å². The third kappa shape index (κ3) is 3.94. The van der Waals surface area contributed by atoms with Gasteiger partial charge in [-0.25, -0.2) is 9.97 Å². The second-order valence-electron chi connectivity index (χ2n) is 6.69. The zero-order valence-electron chi connectivity index (χ0n) is 16.2. The molecule has 0 aliphatic carbocycles. The molecule has 11 heteroatoms. The SMILES string of the molecule is Cn1cc(-c2nc(COC(=O)Cn3cnc4scc(-c5cccs5)c4c3=O)cs2)cn1. The number of aryl methyl sites for hydroxylation is 1. The minimum absolute atomic E-state index is 0.0406. The van der Waals surface area contributed by atoms with Crippen LogP contribution >= 0.6 is 34.0 Å². The second-order valence-corrected chi connectivity index (χ2v) is 9.36. The van der Waals surface area contributed by atoms with Gasteiger partial charge in [-0.2, -0.15) is 5.10 Å². The first kappa shape index (κ1) is 19.8. The van der Waals surface area contributed by atoms with Crippen molar-refractivity contribution in [2.45, 2.75) is 13.2 Å². The average molecular weight is 470 g/mol. The van der Waals surface area contributed by atoms with E-state index in [-0.39, 0.29) is 18.7 Å². The number of fused-ring (bicyclic) bond motifs is 1. The summed E-state index contributed by atoms with van der Waals surface area (Å²) in [6.45, 7) is -0.167. The van der Waals surface area contributed by atoms with Gasteiger partial charge < -0.3 is 4.74 Å². The monoisotopic (exact) mass is 469 g/mol. The third-order valence-corrected chi connectivity index (χ3v) is 7.26. The maximum Gasteiger partial charge on any atom is 0.326 e. The van der Waals surface area contributed by atoms with Crippen molar-refractivity contribution in [3.8, 4) is 21.0 Å². The Hall–Kier alpha value is -3.15. The van der Waals surface area contributed by atoms with Crippen LogP contribution in [-0.4, -0.2) is 30.3 Å². The molecule has 0 spiro atoms. The summed E-state index contributed by atoms with van der Waals surface area (Å²) < 4.78 is 8.33. The van der Waals surface area contributed by atoms with Gasteiger partial charge in [-0.3, -0.25) is 18.8 Å². The molecule has 0 aliphatic rings. The molecule has 0 aliphatic heterocycles. The number of aromatic nitrogens is 5. The molecule has 31 heavy (non-hydrogen) atoms. The van der Waals surface area contributed by atoms with E-state index in [1.165, 1.54) is 33.6 Å². The minimum atomic E-state index is -0.521. The molecule has 0 saturated heterocycles. The molecule has 0 aromatic carbocycles. The molecule has 5 aromatic heterocycles. The van der Waals surface area contributed by atoms with Crippen LogP contribution in [0.15, 0.2) is 51.8 Å². The molecule has 0 radical (unpaired) electrons. The Morgan fingerprint density at radius 3 is 2.90 bits per heavy atom. The predicted molar refractivity (Wildman–Crippen MR) is 121 cm³/mol. The highest BCUT2D eigenvalue weighted by Gasteiger charge is 2.16. The summed E-state index contributed by atoms with van der Waals surface area (Å²) in [6, 6.07) is 3.90. The van der Waals surface area contributed by atoms with Gasteiger partial charge in [0.15, 0.2) is 0 Å². The number of thiazole rings is 1. The average Bonchev–Trinajstić information content (AvgIpc) is 3.54. The number of carbonyl (C=O) groups is 1. The molecule has 0 atom stereocenters. The smallest absolute Gasteiger partial charge is 0.326 e. The fraction of sp³-hybridized carbons (Fsp3) is 0.150. The van der Waals surface area contributed by atoms with Gasteiger partial charge in [0, 0.05) is 40.0 Å². The Morgan fingerprint density at radius 2 is 2.13 bits per heavy atom. The van der Waals surface area contributed by atoms with Crippen molar-refractivity contribution in [3.05, 3.63) is 63.0 Å². The van der Waals surface area contributed by atoms with Gasteiger partial charge in [-0.05, 0) is 11.4 Å². The number of hydrogen-bond acceptors (Lipinski definition) is 9. The van der Waals surface area contributed by atoms with E-state index in [1.54, 1.807) is 22.2 Å². The summed E-state index contributed by atoms with van der Waals surface area (Å²) in [6.07, 6.45) is 5.00. The largest absolute Gasteiger partial charge is 0.458 e. The topological polar surface area (TPSA) is 91.9 Å². The molecule has 0 N–H and O–H groups in total. The third-order valence-electron chi connectivity index (χ3n) is 4.53. The molecule has 0 amide bonds. The van der Waals surface area contributed by atoms with Crippen LogP contribution in [0.2, 0.25) is 0 Å². The quantitative estimate of drug-likeness (QED) is 0.352. The van der Waals surface area contributed by atoms with E-state index in [9.17, 15) is 9.59 Å². The predicted octanol–water partition coefficient (Wildman–Crippen LogP) is 3.79. The lowest BCUT2D eigenvalue weighted by Gasteiger charge is -2.06. The van der Waals surface area contributed by atoms with Gasteiger partial charge in [-0.15, -0.1) is 34.0 Å². The van der Waals surface area contributed by atoms with Gasteiger partial charge in [0.05, 0.1) is 23.6 Å². The lowest BCUT2D eigenvalue weighted by molar-refractivity contribution is -0.145. The molecule has 0 unspecified atom stereocenters. The van der Waals surface area contributed by atoms with Gasteiger partial charge >= 0.3 is 5.97 Å². The lowest BCUT2D eigenvalue weighted by Crippen LogP contribution is -2.25. The second kappa shape index (κ2) is 8.17. The van der Waals surface area contributed by atoms with E-state index >= 15 is 0 Å². The van der Waals surface area contributed by atoms with Crippen LogP contribution in [0.4, 0.5) is 0 Å². The molecular weight excluding hydrogens is 454 g/mol. The summed E-state index contributed by atoms with van der Waals surface area (Å²) in [4.78, 5) is 35.8. The first-order valence-electron chi connectivity index (χ1n) is 9.18. The van der Waals surface area contributed by atoms with Crippen LogP contribution in [0.1, 0.15) is 5.69 Å². The van der Waals surface area contributed by atoms with E-state index in [0.717, 1.165) is 21.0 Å². The molecule has 5 aromatic rings. The number of hydrogen-bond donors (Lipinski definition) is 0. The Kier molecular flexibility index (Phi) is 5.22. The summed E-state index contributed by atoms with van der Waals surface area (Å²) in [7, 11) is 1.84. The summed E-state index contributed by atoms with van der Waals surface area (Å²) >= 11 is 4.43. The standard InChI is InChI=1S/C20H15N5O3S3/c1-24-6-12(5-22-24)18-23-13(9-30-18)8-28-16(26)7-25-11-21-19-17(20(25)27)14(10-31-19)15-3-2-4-29-15/h2-6,9-11H,7-8H2,1H3. The number of ether oxygens (including phenoxy) is 1. The molecule has 8 nitrogen and oxygen atoms in total. The highest BCUT2D eigenvalue weighted by molar-refractivity contribution is 7.18. The normalized spacial score (nSPS) is 11.3. The van der Waals surface area contributed by atoms with Crippen LogP contribution in [0, 0.1) is 0 Å². The molecule has 0 fully saturated rings. The molecule has 5 rings (SSSR count). The van der Waals surface area contributed by atoms with Gasteiger partial charge in [0.25, 0.3) is 5.56 Å². The van der Waals surface area contributed by atoms with Crippen molar-refractivity contribution in [2.75, 3.05) is 0 Å². The van der Waals surface area contributed by atoms with Crippen LogP contribution in [0.3, 0.4) is 0 Å². The molecular formula is C20H15N5O3S3. The van der Waals surface area contributed by atoms with Crippen molar-refractivity contribution >= 4 is 50.2 Å². The fourth-order valence-corrected chi connectivity index (χ4v) is 5.57. The van der Waals surface area contributed by atoms with E-state index in [4.69, 9.17) is 4.74 Å². The van der Waals surface area contributed by atoms with E-state index in [2.05, 4.69) is 15.1 Å². The molecule has 5 heterocycles. The van der Waals surface area contributed by atoms with Crippen molar-refractivity contribution in [1.29, 1.82) is 0 Å². The van der Waals surface area contributed by atoms with Crippen LogP contribution in [-0.2, 0) is 29.7 Å².